The van der Waals surface area contributed by atoms with Gasteiger partial charge in [-0.2, -0.15) is 0 Å². The zero-order valence-electron chi connectivity index (χ0n) is 9.80. The van der Waals surface area contributed by atoms with Crippen molar-refractivity contribution in [3.63, 3.8) is 0 Å². The molecule has 0 saturated carbocycles. The predicted molar refractivity (Wildman–Crippen MR) is 72.8 cm³/mol. The molecule has 1 saturated heterocycles. The molecule has 1 aliphatic rings. The van der Waals surface area contributed by atoms with Gasteiger partial charge in [-0.25, -0.2) is 0 Å². The number of aliphatic hydroxyl groups excluding tert-OH is 1. The van der Waals surface area contributed by atoms with Gasteiger partial charge in [0.2, 0.25) is 0 Å². The Morgan fingerprint density at radius 2 is 2.24 bits per heavy atom. The second-order valence-corrected chi connectivity index (χ2v) is 4.91. The summed E-state index contributed by atoms with van der Waals surface area (Å²) < 4.78 is 0. The zero-order valence-corrected chi connectivity index (χ0v) is 10.6. The third kappa shape index (κ3) is 2.83. The SMILES string of the molecule is NC(=S)c1ccccc1CN1CCCC1CO. The van der Waals surface area contributed by atoms with Crippen molar-refractivity contribution in [2.75, 3.05) is 13.2 Å². The van der Waals surface area contributed by atoms with Gasteiger partial charge in [0.15, 0.2) is 0 Å². The number of likely N-dealkylation sites (tertiary alicyclic amines) is 1. The van der Waals surface area contributed by atoms with Gasteiger partial charge in [-0.1, -0.05) is 36.5 Å². The van der Waals surface area contributed by atoms with E-state index in [9.17, 15) is 5.11 Å². The van der Waals surface area contributed by atoms with Gasteiger partial charge in [0.1, 0.15) is 4.99 Å². The molecule has 4 heteroatoms. The molecule has 0 bridgehead atoms. The van der Waals surface area contributed by atoms with Crippen LogP contribution in [-0.4, -0.2) is 34.2 Å². The second kappa shape index (κ2) is 5.58. The van der Waals surface area contributed by atoms with Crippen molar-refractivity contribution in [1.82, 2.24) is 4.90 Å². The van der Waals surface area contributed by atoms with Crippen LogP contribution < -0.4 is 5.73 Å². The van der Waals surface area contributed by atoms with Gasteiger partial charge in [-0.15, -0.1) is 0 Å². The fraction of sp³-hybridized carbons (Fsp3) is 0.462. The molecule has 1 aromatic carbocycles. The summed E-state index contributed by atoms with van der Waals surface area (Å²) in [6, 6.07) is 8.25. The summed E-state index contributed by atoms with van der Waals surface area (Å²) >= 11 is 5.06. The topological polar surface area (TPSA) is 49.5 Å². The maximum absolute atomic E-state index is 9.30. The van der Waals surface area contributed by atoms with Crippen molar-refractivity contribution in [2.45, 2.75) is 25.4 Å². The Kier molecular flexibility index (Phi) is 4.10. The number of rotatable bonds is 4. The maximum atomic E-state index is 9.30. The van der Waals surface area contributed by atoms with E-state index in [-0.39, 0.29) is 12.6 Å². The largest absolute Gasteiger partial charge is 0.395 e. The van der Waals surface area contributed by atoms with Crippen LogP contribution in [0.3, 0.4) is 0 Å². The first-order valence-electron chi connectivity index (χ1n) is 5.95. The molecule has 1 unspecified atom stereocenters. The van der Waals surface area contributed by atoms with Crippen molar-refractivity contribution in [1.29, 1.82) is 0 Å². The second-order valence-electron chi connectivity index (χ2n) is 4.47. The maximum Gasteiger partial charge on any atom is 0.104 e. The van der Waals surface area contributed by atoms with Gasteiger partial charge < -0.3 is 10.8 Å². The van der Waals surface area contributed by atoms with Crippen LogP contribution in [0.5, 0.6) is 0 Å². The molecule has 0 spiro atoms. The molecule has 1 aliphatic heterocycles. The number of nitrogens with zero attached hydrogens (tertiary/aromatic N) is 1. The molecule has 0 aliphatic carbocycles. The first-order valence-corrected chi connectivity index (χ1v) is 6.36. The van der Waals surface area contributed by atoms with Gasteiger partial charge in [0.05, 0.1) is 6.61 Å². The van der Waals surface area contributed by atoms with E-state index in [2.05, 4.69) is 11.0 Å². The number of nitrogens with two attached hydrogens (primary N) is 1. The summed E-state index contributed by atoms with van der Waals surface area (Å²) in [5.74, 6) is 0. The fourth-order valence-corrected chi connectivity index (χ4v) is 2.63. The quantitative estimate of drug-likeness (QED) is 0.790. The van der Waals surface area contributed by atoms with Crippen LogP contribution in [0, 0.1) is 0 Å². The Morgan fingerprint density at radius 3 is 2.94 bits per heavy atom. The smallest absolute Gasteiger partial charge is 0.104 e. The minimum absolute atomic E-state index is 0.231. The van der Waals surface area contributed by atoms with Crippen LogP contribution >= 0.6 is 12.2 Å². The molecule has 1 heterocycles. The molecule has 92 valence electrons. The number of hydrogen-bond acceptors (Lipinski definition) is 3. The van der Waals surface area contributed by atoms with Gasteiger partial charge in [-0.3, -0.25) is 4.90 Å². The number of thiocarbonyl (C=S) groups is 1. The summed E-state index contributed by atoms with van der Waals surface area (Å²) in [7, 11) is 0. The van der Waals surface area contributed by atoms with Crippen molar-refractivity contribution in [3.8, 4) is 0 Å². The normalized spacial score (nSPS) is 20.6. The average Bonchev–Trinajstić information content (AvgIpc) is 2.77. The van der Waals surface area contributed by atoms with Crippen LogP contribution in [0.2, 0.25) is 0 Å². The Bertz CT molecular complexity index is 408. The highest BCUT2D eigenvalue weighted by Crippen LogP contribution is 2.21. The predicted octanol–water partition coefficient (Wildman–Crippen LogP) is 1.28. The van der Waals surface area contributed by atoms with Gasteiger partial charge in [0, 0.05) is 18.2 Å². The standard InChI is InChI=1S/C13H18N2OS/c14-13(17)12-6-2-1-4-10(12)8-15-7-3-5-11(15)9-16/h1-2,4,6,11,16H,3,5,7-9H2,(H2,14,17). The lowest BCUT2D eigenvalue weighted by Gasteiger charge is -2.23. The van der Waals surface area contributed by atoms with Crippen molar-refractivity contribution >= 4 is 17.2 Å². The van der Waals surface area contributed by atoms with Gasteiger partial charge in [0.25, 0.3) is 0 Å². The van der Waals surface area contributed by atoms with E-state index < -0.39 is 0 Å². The number of hydrogen-bond donors (Lipinski definition) is 2. The van der Waals surface area contributed by atoms with Gasteiger partial charge in [-0.05, 0) is 24.9 Å². The Balaban J connectivity index is 2.15. The van der Waals surface area contributed by atoms with Crippen molar-refractivity contribution < 1.29 is 5.11 Å². The first-order chi connectivity index (χ1) is 8.22. The summed E-state index contributed by atoms with van der Waals surface area (Å²) in [6.45, 7) is 2.09. The highest BCUT2D eigenvalue weighted by molar-refractivity contribution is 7.80. The highest BCUT2D eigenvalue weighted by Gasteiger charge is 2.24. The van der Waals surface area contributed by atoms with Gasteiger partial charge >= 0.3 is 0 Å². The molecule has 3 N–H and O–H groups in total. The Labute approximate surface area is 107 Å². The van der Waals surface area contributed by atoms with E-state index in [1.807, 2.05) is 18.2 Å². The molecule has 2 rings (SSSR count). The minimum atomic E-state index is 0.231. The minimum Gasteiger partial charge on any atom is -0.395 e. The molecular weight excluding hydrogens is 232 g/mol. The molecule has 1 atom stereocenters. The van der Waals surface area contributed by atoms with E-state index >= 15 is 0 Å². The van der Waals surface area contributed by atoms with E-state index in [1.165, 1.54) is 0 Å². The molecule has 0 radical (unpaired) electrons. The van der Waals surface area contributed by atoms with Crippen LogP contribution in [0.4, 0.5) is 0 Å². The lowest BCUT2D eigenvalue weighted by molar-refractivity contribution is 0.153. The van der Waals surface area contributed by atoms with Crippen LogP contribution in [-0.2, 0) is 6.54 Å². The number of benzene rings is 1. The first kappa shape index (κ1) is 12.5. The molecule has 1 aromatic rings. The number of aliphatic hydroxyl groups is 1. The van der Waals surface area contributed by atoms with E-state index in [0.717, 1.165) is 37.1 Å². The monoisotopic (exact) mass is 250 g/mol. The molecule has 0 amide bonds. The van der Waals surface area contributed by atoms with Crippen LogP contribution in [0.25, 0.3) is 0 Å². The summed E-state index contributed by atoms with van der Waals surface area (Å²) in [4.78, 5) is 2.75. The lowest BCUT2D eigenvalue weighted by atomic mass is 10.1. The summed E-state index contributed by atoms with van der Waals surface area (Å²) in [5, 5.41) is 9.30. The Hall–Kier alpha value is -0.970. The zero-order chi connectivity index (χ0) is 12.3. The summed E-state index contributed by atoms with van der Waals surface area (Å²) in [6.07, 6.45) is 2.23. The van der Waals surface area contributed by atoms with E-state index in [0.29, 0.717) is 4.99 Å². The summed E-state index contributed by atoms with van der Waals surface area (Å²) in [5.41, 5.74) is 7.82. The molecule has 17 heavy (non-hydrogen) atoms. The Morgan fingerprint density at radius 1 is 1.47 bits per heavy atom. The fourth-order valence-electron chi connectivity index (χ4n) is 2.43. The lowest BCUT2D eigenvalue weighted by Crippen LogP contribution is -2.32. The third-order valence-corrected chi connectivity index (χ3v) is 3.59. The molecular formula is C13H18N2OS. The highest BCUT2D eigenvalue weighted by atomic mass is 32.1. The van der Waals surface area contributed by atoms with Crippen molar-refractivity contribution in [2.24, 2.45) is 5.73 Å². The molecule has 1 fully saturated rings. The van der Waals surface area contributed by atoms with Crippen LogP contribution in [0.15, 0.2) is 24.3 Å². The van der Waals surface area contributed by atoms with Crippen LogP contribution in [0.1, 0.15) is 24.0 Å². The molecule has 3 nitrogen and oxygen atoms in total. The van der Waals surface area contributed by atoms with Crippen molar-refractivity contribution in [3.05, 3.63) is 35.4 Å². The molecule has 0 aromatic heterocycles. The average molecular weight is 250 g/mol. The van der Waals surface area contributed by atoms with E-state index in [4.69, 9.17) is 18.0 Å². The third-order valence-electron chi connectivity index (χ3n) is 3.37. The van der Waals surface area contributed by atoms with E-state index in [1.54, 1.807) is 0 Å².